The molecule has 0 bridgehead atoms. The van der Waals surface area contributed by atoms with Gasteiger partial charge in [0.15, 0.2) is 11.6 Å². The number of Topliss-reactive ketones (excluding diaryl/α,β-unsaturated/α-hetero) is 1. The number of carbonyl (C=O) groups excluding carboxylic acids is 2. The molecule has 0 aliphatic heterocycles. The highest BCUT2D eigenvalue weighted by atomic mass is 32.2. The highest BCUT2D eigenvalue weighted by Gasteiger charge is 2.67. The number of nitrogens with one attached hydrogen (secondary N) is 1. The van der Waals surface area contributed by atoms with Gasteiger partial charge in [-0.15, -0.1) is 0 Å². The molecule has 0 radical (unpaired) electrons. The molecule has 5 nitrogen and oxygen atoms in total. The van der Waals surface area contributed by atoms with E-state index in [1.165, 1.54) is 11.8 Å². The van der Waals surface area contributed by atoms with Crippen LogP contribution in [0.4, 0.5) is 0 Å². The van der Waals surface area contributed by atoms with Crippen LogP contribution in [-0.2, 0) is 9.59 Å². The van der Waals surface area contributed by atoms with Gasteiger partial charge in [-0.25, -0.2) is 0 Å². The van der Waals surface area contributed by atoms with Crippen LogP contribution in [0.1, 0.15) is 46.0 Å². The lowest BCUT2D eigenvalue weighted by Gasteiger charge is -2.59. The lowest BCUT2D eigenvalue weighted by atomic mass is 9.46. The molecule has 3 saturated carbocycles. The van der Waals surface area contributed by atoms with Gasteiger partial charge in [-0.2, -0.15) is 0 Å². The van der Waals surface area contributed by atoms with Crippen molar-refractivity contribution in [2.75, 3.05) is 12.8 Å². The summed E-state index contributed by atoms with van der Waals surface area (Å²) in [6.07, 6.45) is 8.04. The molecule has 4 aliphatic rings. The fourth-order valence-electron chi connectivity index (χ4n) is 7.11. The largest absolute Gasteiger partial charge is 0.393 e. The lowest BCUT2D eigenvalue weighted by Crippen LogP contribution is -2.61. The summed E-state index contributed by atoms with van der Waals surface area (Å²) in [5, 5.41) is 25.8. The Bertz CT molecular complexity index is 854. The number of thioether (sulfide) groups is 1. The van der Waals surface area contributed by atoms with Crippen molar-refractivity contribution < 1.29 is 19.8 Å². The van der Waals surface area contributed by atoms with Gasteiger partial charge in [0.1, 0.15) is 9.92 Å². The van der Waals surface area contributed by atoms with E-state index in [1.54, 1.807) is 19.2 Å². The Morgan fingerprint density at radius 3 is 2.80 bits per heavy atom. The van der Waals surface area contributed by atoms with Gasteiger partial charge in [-0.3, -0.25) is 9.59 Å². The first kappa shape index (κ1) is 22.2. The predicted molar refractivity (Wildman–Crippen MR) is 122 cm³/mol. The topological polar surface area (TPSA) is 86.6 Å². The highest BCUT2D eigenvalue weighted by molar-refractivity contribution is 8.23. The summed E-state index contributed by atoms with van der Waals surface area (Å²) < 4.78 is 0.536. The second-order valence-electron chi connectivity index (χ2n) is 9.86. The summed E-state index contributed by atoms with van der Waals surface area (Å²) in [5.74, 6) is 0.360. The van der Waals surface area contributed by atoms with Crippen molar-refractivity contribution >= 4 is 39.9 Å². The predicted octanol–water partition coefficient (Wildman–Crippen LogP) is 2.80. The quantitative estimate of drug-likeness (QED) is 0.571. The monoisotopic (exact) mass is 449 g/mol. The number of thiocarbonyl (C=S) groups is 1. The number of fused-ring (bicyclic) bond motifs is 5. The molecule has 0 amide bonds. The highest BCUT2D eigenvalue weighted by Crippen LogP contribution is 2.67. The Morgan fingerprint density at radius 2 is 2.10 bits per heavy atom. The second-order valence-corrected chi connectivity index (χ2v) is 11.5. The van der Waals surface area contributed by atoms with Gasteiger partial charge in [0.05, 0.1) is 11.9 Å². The molecule has 164 valence electrons. The number of rotatable bonds is 3. The number of aliphatic hydroxyl groups is 2. The van der Waals surface area contributed by atoms with E-state index < -0.39 is 17.1 Å². The first-order valence-electron chi connectivity index (χ1n) is 10.8. The molecule has 0 unspecified atom stereocenters. The van der Waals surface area contributed by atoms with Crippen molar-refractivity contribution in [3.05, 3.63) is 23.8 Å². The molecule has 7 atom stereocenters. The van der Waals surface area contributed by atoms with Crippen molar-refractivity contribution in [1.82, 2.24) is 5.32 Å². The van der Waals surface area contributed by atoms with E-state index in [-0.39, 0.29) is 40.5 Å². The number of carbonyl (C=O) groups is 2. The third kappa shape index (κ3) is 3.07. The van der Waals surface area contributed by atoms with Gasteiger partial charge >= 0.3 is 0 Å². The Labute approximate surface area is 187 Å². The summed E-state index contributed by atoms with van der Waals surface area (Å²) in [7, 11) is 1.72. The fourth-order valence-corrected chi connectivity index (χ4v) is 7.93. The van der Waals surface area contributed by atoms with Crippen LogP contribution in [-0.4, -0.2) is 50.6 Å². The lowest BCUT2D eigenvalue weighted by molar-refractivity contribution is -0.174. The van der Waals surface area contributed by atoms with E-state index in [4.69, 9.17) is 12.2 Å². The van der Waals surface area contributed by atoms with Crippen LogP contribution < -0.4 is 5.32 Å². The van der Waals surface area contributed by atoms with Crippen molar-refractivity contribution in [3.8, 4) is 0 Å². The average molecular weight is 450 g/mol. The Kier molecular flexibility index (Phi) is 5.57. The summed E-state index contributed by atoms with van der Waals surface area (Å²) >= 11 is 6.39. The van der Waals surface area contributed by atoms with Gasteiger partial charge < -0.3 is 15.5 Å². The van der Waals surface area contributed by atoms with E-state index in [0.29, 0.717) is 17.2 Å². The van der Waals surface area contributed by atoms with Crippen LogP contribution in [0.25, 0.3) is 0 Å². The van der Waals surface area contributed by atoms with Crippen molar-refractivity contribution in [2.45, 2.75) is 57.7 Å². The molecule has 3 fully saturated rings. The number of allylic oxidation sites excluding steroid dienone is 4. The van der Waals surface area contributed by atoms with E-state index in [2.05, 4.69) is 12.2 Å². The molecule has 0 saturated heterocycles. The standard InChI is InChI=1S/C23H31NO4S2/c1-21-8-6-14(25)10-13(21)4-5-15-16-7-9-23(28,18(27)12-30-20(29)24-3)22(16,2)11-17(26)19(15)21/h6,8,10,15-17,19,26,28H,4-5,7,9,11-12H2,1-3H3,(H,24,29)/t15-,16-,17-,19+,21-,22-,23-/m0/s1. The molecule has 0 aromatic rings. The smallest absolute Gasteiger partial charge is 0.178 e. The van der Waals surface area contributed by atoms with Crippen molar-refractivity contribution in [2.24, 2.45) is 28.6 Å². The van der Waals surface area contributed by atoms with Crippen LogP contribution >= 0.6 is 24.0 Å². The van der Waals surface area contributed by atoms with Crippen LogP contribution in [0, 0.1) is 28.6 Å². The van der Waals surface area contributed by atoms with Gasteiger partial charge in [0.2, 0.25) is 0 Å². The maximum Gasteiger partial charge on any atom is 0.178 e. The van der Waals surface area contributed by atoms with Crippen LogP contribution in [0.2, 0.25) is 0 Å². The maximum atomic E-state index is 13.1. The average Bonchev–Trinajstić information content (AvgIpc) is 2.97. The maximum absolute atomic E-state index is 13.1. The molecule has 7 heteroatoms. The fraction of sp³-hybridized carbons (Fsp3) is 0.696. The summed E-state index contributed by atoms with van der Waals surface area (Å²) in [6, 6.07) is 0. The zero-order chi connectivity index (χ0) is 21.9. The third-order valence-corrected chi connectivity index (χ3v) is 10.1. The molecule has 0 spiro atoms. The normalized spacial score (nSPS) is 44.6. The van der Waals surface area contributed by atoms with Crippen molar-refractivity contribution in [3.63, 3.8) is 0 Å². The van der Waals surface area contributed by atoms with Gasteiger partial charge in [-0.05, 0) is 56.1 Å². The Hall–Kier alpha value is -1.02. The second kappa shape index (κ2) is 7.54. The van der Waals surface area contributed by atoms with E-state index in [1.807, 2.05) is 13.0 Å². The molecular formula is C23H31NO4S2. The third-order valence-electron chi connectivity index (χ3n) is 8.65. The minimum Gasteiger partial charge on any atom is -0.393 e. The molecule has 0 aromatic carbocycles. The van der Waals surface area contributed by atoms with Gasteiger partial charge in [0, 0.05) is 23.8 Å². The summed E-state index contributed by atoms with van der Waals surface area (Å²) in [4.78, 5) is 25.1. The minimum absolute atomic E-state index is 0.00335. The zero-order valence-electron chi connectivity index (χ0n) is 17.8. The summed E-state index contributed by atoms with van der Waals surface area (Å²) in [6.45, 7) is 4.13. The molecule has 4 aliphatic carbocycles. The minimum atomic E-state index is -1.44. The van der Waals surface area contributed by atoms with Gasteiger partial charge in [-0.1, -0.05) is 49.5 Å². The number of ketones is 2. The number of hydrogen-bond acceptors (Lipinski definition) is 6. The Balaban J connectivity index is 1.63. The van der Waals surface area contributed by atoms with Crippen molar-refractivity contribution in [1.29, 1.82) is 0 Å². The molecule has 0 heterocycles. The first-order chi connectivity index (χ1) is 14.1. The molecule has 3 N–H and O–H groups in total. The Morgan fingerprint density at radius 1 is 1.37 bits per heavy atom. The molecule has 30 heavy (non-hydrogen) atoms. The zero-order valence-corrected chi connectivity index (χ0v) is 19.4. The van der Waals surface area contributed by atoms with Gasteiger partial charge in [0.25, 0.3) is 0 Å². The van der Waals surface area contributed by atoms with Crippen LogP contribution in [0.15, 0.2) is 23.8 Å². The van der Waals surface area contributed by atoms with Crippen LogP contribution in [0.5, 0.6) is 0 Å². The molecular weight excluding hydrogens is 418 g/mol. The number of hydrogen-bond donors (Lipinski definition) is 3. The van der Waals surface area contributed by atoms with E-state index in [0.717, 1.165) is 24.8 Å². The first-order valence-corrected chi connectivity index (χ1v) is 12.2. The SMILES string of the molecule is CNC(=S)SCC(=O)[C@@]1(O)CC[C@H]2[C@@H]3CCC4=CC(=O)C=C[C@]4(C)[C@H]3[C@@H](O)C[C@@]21C. The van der Waals surface area contributed by atoms with Crippen LogP contribution in [0.3, 0.4) is 0 Å². The molecule has 0 aromatic heterocycles. The number of aliphatic hydroxyl groups excluding tert-OH is 1. The summed E-state index contributed by atoms with van der Waals surface area (Å²) in [5.41, 5.74) is -1.31. The van der Waals surface area contributed by atoms with E-state index >= 15 is 0 Å². The molecule has 4 rings (SSSR count). The van der Waals surface area contributed by atoms with E-state index in [9.17, 15) is 19.8 Å².